The van der Waals surface area contributed by atoms with E-state index in [1.165, 1.54) is 29.7 Å². The molecule has 0 bridgehead atoms. The topological polar surface area (TPSA) is 46.3 Å². The number of amides is 1. The quantitative estimate of drug-likeness (QED) is 0.853. The van der Waals surface area contributed by atoms with Crippen LogP contribution in [0.4, 0.5) is 0 Å². The summed E-state index contributed by atoms with van der Waals surface area (Å²) in [6, 6.07) is 2.35. The van der Waals surface area contributed by atoms with E-state index in [-0.39, 0.29) is 11.9 Å². The van der Waals surface area contributed by atoms with Gasteiger partial charge in [-0.2, -0.15) is 0 Å². The predicted molar refractivity (Wildman–Crippen MR) is 87.9 cm³/mol. The van der Waals surface area contributed by atoms with Crippen molar-refractivity contribution in [2.24, 2.45) is 11.7 Å². The number of carbonyl (C=O) groups is 1. The first-order chi connectivity index (χ1) is 10.1. The lowest BCUT2D eigenvalue weighted by Crippen LogP contribution is -2.44. The minimum absolute atomic E-state index is 0.181. The lowest BCUT2D eigenvalue weighted by molar-refractivity contribution is 0.0666. The third-order valence-electron chi connectivity index (χ3n) is 4.95. The highest BCUT2D eigenvalue weighted by molar-refractivity contribution is 7.14. The highest BCUT2D eigenvalue weighted by Crippen LogP contribution is 2.30. The molecular weight excluding hydrogens is 280 g/mol. The van der Waals surface area contributed by atoms with Gasteiger partial charge in [-0.05, 0) is 63.0 Å². The molecule has 3 nitrogen and oxygen atoms in total. The van der Waals surface area contributed by atoms with Gasteiger partial charge in [0.1, 0.15) is 0 Å². The zero-order valence-electron chi connectivity index (χ0n) is 12.9. The summed E-state index contributed by atoms with van der Waals surface area (Å²) in [6.45, 7) is 3.79. The van der Waals surface area contributed by atoms with Gasteiger partial charge < -0.3 is 10.6 Å². The van der Waals surface area contributed by atoms with Crippen molar-refractivity contribution in [2.75, 3.05) is 13.1 Å². The second kappa shape index (κ2) is 6.49. The monoisotopic (exact) mass is 306 g/mol. The van der Waals surface area contributed by atoms with Crippen LogP contribution in [-0.2, 0) is 12.8 Å². The molecule has 1 saturated heterocycles. The van der Waals surface area contributed by atoms with Crippen LogP contribution in [0.25, 0.3) is 0 Å². The van der Waals surface area contributed by atoms with E-state index >= 15 is 0 Å². The molecule has 2 N–H and O–H groups in total. The van der Waals surface area contributed by atoms with Crippen molar-refractivity contribution in [1.29, 1.82) is 0 Å². The van der Waals surface area contributed by atoms with Crippen LogP contribution in [0.1, 0.15) is 59.1 Å². The smallest absolute Gasteiger partial charge is 0.263 e. The van der Waals surface area contributed by atoms with Crippen LogP contribution in [0.3, 0.4) is 0 Å². The van der Waals surface area contributed by atoms with Crippen molar-refractivity contribution in [3.8, 4) is 0 Å². The van der Waals surface area contributed by atoms with Crippen LogP contribution in [0.2, 0.25) is 0 Å². The van der Waals surface area contributed by atoms with Crippen molar-refractivity contribution < 1.29 is 4.79 Å². The maximum absolute atomic E-state index is 12.8. The van der Waals surface area contributed by atoms with Gasteiger partial charge in [0, 0.05) is 24.0 Å². The minimum Gasteiger partial charge on any atom is -0.338 e. The van der Waals surface area contributed by atoms with Crippen LogP contribution >= 0.6 is 11.3 Å². The Morgan fingerprint density at radius 1 is 1.33 bits per heavy atom. The van der Waals surface area contributed by atoms with Crippen LogP contribution < -0.4 is 5.73 Å². The average molecular weight is 306 g/mol. The molecule has 3 rings (SSSR count). The lowest BCUT2D eigenvalue weighted by Gasteiger charge is -2.34. The summed E-state index contributed by atoms with van der Waals surface area (Å²) in [7, 11) is 0. The van der Waals surface area contributed by atoms with E-state index in [0.717, 1.165) is 43.6 Å². The second-order valence-corrected chi connectivity index (χ2v) is 7.77. The van der Waals surface area contributed by atoms with Gasteiger partial charge in [-0.15, -0.1) is 11.3 Å². The molecular formula is C17H26N2OS. The standard InChI is InChI=1S/C17H26N2OS/c1-12(18)14-7-5-9-19(11-14)17(20)16-10-13-6-3-2-4-8-15(13)21-16/h10,12,14H,2-9,11,18H2,1H3. The largest absolute Gasteiger partial charge is 0.338 e. The Hall–Kier alpha value is -0.870. The molecule has 0 saturated carbocycles. The number of thiophene rings is 1. The first-order valence-electron chi connectivity index (χ1n) is 8.31. The zero-order chi connectivity index (χ0) is 14.8. The fraction of sp³-hybridized carbons (Fsp3) is 0.706. The fourth-order valence-corrected chi connectivity index (χ4v) is 4.77. The average Bonchev–Trinajstić information content (AvgIpc) is 2.77. The molecule has 2 unspecified atom stereocenters. The maximum Gasteiger partial charge on any atom is 0.263 e. The second-order valence-electron chi connectivity index (χ2n) is 6.63. The molecule has 0 radical (unpaired) electrons. The van der Waals surface area contributed by atoms with Gasteiger partial charge in [-0.3, -0.25) is 4.79 Å². The molecule has 21 heavy (non-hydrogen) atoms. The third-order valence-corrected chi connectivity index (χ3v) is 6.17. The number of carbonyl (C=O) groups excluding carboxylic acids is 1. The number of fused-ring (bicyclic) bond motifs is 1. The molecule has 1 aromatic heterocycles. The van der Waals surface area contributed by atoms with E-state index in [0.29, 0.717) is 5.92 Å². The number of hydrogen-bond donors (Lipinski definition) is 1. The summed E-state index contributed by atoms with van der Waals surface area (Å²) in [5.74, 6) is 0.693. The van der Waals surface area contributed by atoms with E-state index in [2.05, 4.69) is 13.0 Å². The van der Waals surface area contributed by atoms with Crippen molar-refractivity contribution in [2.45, 2.75) is 57.9 Å². The van der Waals surface area contributed by atoms with E-state index in [9.17, 15) is 4.79 Å². The molecule has 1 aromatic rings. The van der Waals surface area contributed by atoms with Gasteiger partial charge in [-0.1, -0.05) is 6.42 Å². The number of aryl methyl sites for hydroxylation is 2. The summed E-state index contributed by atoms with van der Waals surface area (Å²) < 4.78 is 0. The van der Waals surface area contributed by atoms with Gasteiger partial charge in [0.05, 0.1) is 4.88 Å². The summed E-state index contributed by atoms with van der Waals surface area (Å²) in [5.41, 5.74) is 7.46. The lowest BCUT2D eigenvalue weighted by atomic mass is 9.92. The van der Waals surface area contributed by atoms with Crippen molar-refractivity contribution in [1.82, 2.24) is 4.90 Å². The van der Waals surface area contributed by atoms with Gasteiger partial charge in [0.2, 0.25) is 0 Å². The number of rotatable bonds is 2. The molecule has 2 atom stereocenters. The molecule has 0 aromatic carbocycles. The molecule has 4 heteroatoms. The number of hydrogen-bond acceptors (Lipinski definition) is 3. The molecule has 2 heterocycles. The van der Waals surface area contributed by atoms with E-state index in [1.807, 2.05) is 4.90 Å². The molecule has 116 valence electrons. The van der Waals surface area contributed by atoms with Crippen LogP contribution in [0, 0.1) is 5.92 Å². The Morgan fingerprint density at radius 2 is 2.14 bits per heavy atom. The maximum atomic E-state index is 12.8. The molecule has 0 spiro atoms. The molecule has 2 aliphatic rings. The summed E-state index contributed by atoms with van der Waals surface area (Å²) in [5, 5.41) is 0. The number of likely N-dealkylation sites (tertiary alicyclic amines) is 1. The predicted octanol–water partition coefficient (Wildman–Crippen LogP) is 3.22. The normalized spacial score (nSPS) is 24.3. The SMILES string of the molecule is CC(N)C1CCCN(C(=O)c2cc3c(s2)CCCCC3)C1. The fourth-order valence-electron chi connectivity index (χ4n) is 3.55. The van der Waals surface area contributed by atoms with E-state index in [1.54, 1.807) is 11.3 Å². The number of nitrogens with two attached hydrogens (primary N) is 1. The first kappa shape index (κ1) is 15.0. The Bertz CT molecular complexity index is 485. The first-order valence-corrected chi connectivity index (χ1v) is 9.13. The Balaban J connectivity index is 1.73. The highest BCUT2D eigenvalue weighted by atomic mass is 32.1. The highest BCUT2D eigenvalue weighted by Gasteiger charge is 2.28. The molecule has 1 aliphatic heterocycles. The zero-order valence-corrected chi connectivity index (χ0v) is 13.8. The van der Waals surface area contributed by atoms with Crippen molar-refractivity contribution in [3.05, 3.63) is 21.4 Å². The Kier molecular flexibility index (Phi) is 4.65. The summed E-state index contributed by atoms with van der Waals surface area (Å²) >= 11 is 1.74. The van der Waals surface area contributed by atoms with Gasteiger partial charge >= 0.3 is 0 Å². The molecule has 1 aliphatic carbocycles. The van der Waals surface area contributed by atoms with Crippen LogP contribution in [0.5, 0.6) is 0 Å². The van der Waals surface area contributed by atoms with Crippen LogP contribution in [-0.4, -0.2) is 29.9 Å². The molecule has 1 fully saturated rings. The third kappa shape index (κ3) is 3.32. The number of piperidine rings is 1. The van der Waals surface area contributed by atoms with Crippen molar-refractivity contribution in [3.63, 3.8) is 0 Å². The molecule has 1 amide bonds. The van der Waals surface area contributed by atoms with E-state index < -0.39 is 0 Å². The summed E-state index contributed by atoms with van der Waals surface area (Å²) in [4.78, 5) is 17.2. The van der Waals surface area contributed by atoms with E-state index in [4.69, 9.17) is 5.73 Å². The van der Waals surface area contributed by atoms with Gasteiger partial charge in [-0.25, -0.2) is 0 Å². The van der Waals surface area contributed by atoms with Crippen molar-refractivity contribution >= 4 is 17.2 Å². The van der Waals surface area contributed by atoms with Crippen LogP contribution in [0.15, 0.2) is 6.07 Å². The van der Waals surface area contributed by atoms with Gasteiger partial charge in [0.25, 0.3) is 5.91 Å². The Labute approximate surface area is 131 Å². The van der Waals surface area contributed by atoms with Gasteiger partial charge in [0.15, 0.2) is 0 Å². The minimum atomic E-state index is 0.181. The number of nitrogens with zero attached hydrogens (tertiary/aromatic N) is 1. The Morgan fingerprint density at radius 3 is 2.95 bits per heavy atom. The summed E-state index contributed by atoms with van der Waals surface area (Å²) in [6.07, 6.45) is 8.43.